The summed E-state index contributed by atoms with van der Waals surface area (Å²) < 4.78 is 0. The Balaban J connectivity index is 1.40. The van der Waals surface area contributed by atoms with Crippen molar-refractivity contribution in [2.45, 2.75) is 12.5 Å². The van der Waals surface area contributed by atoms with Gasteiger partial charge in [-0.25, -0.2) is 5.43 Å². The normalized spacial score (nSPS) is 22.2. The van der Waals surface area contributed by atoms with Gasteiger partial charge in [-0.05, 0) is 17.5 Å². The predicted octanol–water partition coefficient (Wildman–Crippen LogP) is 0.892. The summed E-state index contributed by atoms with van der Waals surface area (Å²) in [6, 6.07) is 19.2. The molecule has 2 aromatic carbocycles. The summed E-state index contributed by atoms with van der Waals surface area (Å²) in [7, 11) is 0. The van der Waals surface area contributed by atoms with Crippen molar-refractivity contribution in [1.82, 2.24) is 20.7 Å². The number of imide groups is 1. The van der Waals surface area contributed by atoms with Crippen LogP contribution in [0.3, 0.4) is 0 Å². The molecule has 2 aromatic rings. The van der Waals surface area contributed by atoms with Crippen LogP contribution in [0, 0.1) is 5.92 Å². The molecule has 2 aliphatic rings. The highest BCUT2D eigenvalue weighted by atomic mass is 16.2. The molecule has 0 saturated carbocycles. The van der Waals surface area contributed by atoms with E-state index < -0.39 is 0 Å². The molecular weight excluding hydrogens is 368 g/mol. The molecule has 2 atom stereocenters. The summed E-state index contributed by atoms with van der Waals surface area (Å²) in [5.74, 6) is -1.18. The number of carbonyl (C=O) groups is 3. The zero-order chi connectivity index (χ0) is 20.2. The second kappa shape index (κ2) is 8.55. The number of benzene rings is 2. The van der Waals surface area contributed by atoms with Gasteiger partial charge in [-0.15, -0.1) is 0 Å². The first-order valence-corrected chi connectivity index (χ1v) is 9.83. The topological polar surface area (TPSA) is 81.8 Å². The van der Waals surface area contributed by atoms with Gasteiger partial charge in [0.1, 0.15) is 13.1 Å². The van der Waals surface area contributed by atoms with Crippen molar-refractivity contribution in [3.8, 4) is 0 Å². The molecule has 4 rings (SSSR count). The fourth-order valence-corrected chi connectivity index (χ4v) is 3.92. The van der Waals surface area contributed by atoms with Crippen LogP contribution >= 0.6 is 0 Å². The summed E-state index contributed by atoms with van der Waals surface area (Å²) in [5, 5.41) is 0. The van der Waals surface area contributed by atoms with Gasteiger partial charge < -0.3 is 4.90 Å². The SMILES string of the molecule is O=C(C1CNNC1c1ccccc1)N1CC(=O)N(CCc2ccccc2)C(=O)C1. The van der Waals surface area contributed by atoms with Crippen LogP contribution in [0.15, 0.2) is 60.7 Å². The van der Waals surface area contributed by atoms with E-state index in [9.17, 15) is 14.4 Å². The lowest BCUT2D eigenvalue weighted by molar-refractivity contribution is -0.157. The molecule has 7 nitrogen and oxygen atoms in total. The molecule has 0 spiro atoms. The summed E-state index contributed by atoms with van der Waals surface area (Å²) >= 11 is 0. The lowest BCUT2D eigenvalue weighted by atomic mass is 9.93. The van der Waals surface area contributed by atoms with E-state index in [1.54, 1.807) is 0 Å². The molecule has 2 unspecified atom stereocenters. The Morgan fingerprint density at radius 3 is 2.21 bits per heavy atom. The molecular formula is C22H24N4O3. The molecule has 0 radical (unpaired) electrons. The van der Waals surface area contributed by atoms with Gasteiger partial charge in [0, 0.05) is 13.1 Å². The van der Waals surface area contributed by atoms with E-state index in [2.05, 4.69) is 10.9 Å². The molecule has 2 aliphatic heterocycles. The van der Waals surface area contributed by atoms with E-state index in [4.69, 9.17) is 0 Å². The fourth-order valence-electron chi connectivity index (χ4n) is 3.92. The van der Waals surface area contributed by atoms with Crippen LogP contribution in [-0.4, -0.2) is 53.7 Å². The van der Waals surface area contributed by atoms with Crippen molar-refractivity contribution >= 4 is 17.7 Å². The second-order valence-corrected chi connectivity index (χ2v) is 7.39. The van der Waals surface area contributed by atoms with Crippen molar-refractivity contribution in [3.05, 3.63) is 71.8 Å². The number of amides is 3. The maximum absolute atomic E-state index is 13.1. The smallest absolute Gasteiger partial charge is 0.248 e. The van der Waals surface area contributed by atoms with Gasteiger partial charge in [-0.1, -0.05) is 60.7 Å². The number of hydrogen-bond donors (Lipinski definition) is 2. The molecule has 0 aromatic heterocycles. The summed E-state index contributed by atoms with van der Waals surface area (Å²) in [6.07, 6.45) is 0.610. The average molecular weight is 392 g/mol. The second-order valence-electron chi connectivity index (χ2n) is 7.39. The zero-order valence-corrected chi connectivity index (χ0v) is 16.1. The van der Waals surface area contributed by atoms with Crippen LogP contribution in [0.4, 0.5) is 0 Å². The molecule has 2 heterocycles. The van der Waals surface area contributed by atoms with Gasteiger partial charge in [-0.3, -0.25) is 24.7 Å². The third-order valence-corrected chi connectivity index (χ3v) is 5.49. The minimum atomic E-state index is -0.367. The highest BCUT2D eigenvalue weighted by Crippen LogP contribution is 2.27. The molecule has 29 heavy (non-hydrogen) atoms. The molecule has 0 aliphatic carbocycles. The first-order chi connectivity index (χ1) is 14.1. The standard InChI is InChI=1S/C22H24N4O3/c27-19-14-25(15-20(28)26(19)12-11-16-7-3-1-4-8-16)22(29)18-13-23-24-21(18)17-9-5-2-6-10-17/h1-10,18,21,23-24H,11-15H2. The van der Waals surface area contributed by atoms with E-state index in [0.717, 1.165) is 11.1 Å². The molecule has 2 saturated heterocycles. The van der Waals surface area contributed by atoms with Gasteiger partial charge in [0.15, 0.2) is 0 Å². The quantitative estimate of drug-likeness (QED) is 0.739. The predicted molar refractivity (Wildman–Crippen MR) is 107 cm³/mol. The van der Waals surface area contributed by atoms with E-state index in [1.807, 2.05) is 60.7 Å². The summed E-state index contributed by atoms with van der Waals surface area (Å²) in [4.78, 5) is 40.9. The van der Waals surface area contributed by atoms with Crippen molar-refractivity contribution in [1.29, 1.82) is 0 Å². The van der Waals surface area contributed by atoms with Crippen molar-refractivity contribution in [2.75, 3.05) is 26.2 Å². The van der Waals surface area contributed by atoms with E-state index in [0.29, 0.717) is 19.5 Å². The maximum atomic E-state index is 13.1. The van der Waals surface area contributed by atoms with Gasteiger partial charge in [-0.2, -0.15) is 0 Å². The molecule has 150 valence electrons. The number of hydrazine groups is 1. The van der Waals surface area contributed by atoms with Crippen LogP contribution in [0.1, 0.15) is 17.2 Å². The number of hydrogen-bond acceptors (Lipinski definition) is 5. The number of carbonyl (C=O) groups excluding carboxylic acids is 3. The first-order valence-electron chi connectivity index (χ1n) is 9.83. The van der Waals surface area contributed by atoms with E-state index >= 15 is 0 Å². The van der Waals surface area contributed by atoms with E-state index in [1.165, 1.54) is 9.80 Å². The third-order valence-electron chi connectivity index (χ3n) is 5.49. The van der Waals surface area contributed by atoms with Crippen LogP contribution < -0.4 is 10.9 Å². The van der Waals surface area contributed by atoms with Crippen molar-refractivity contribution in [3.63, 3.8) is 0 Å². The van der Waals surface area contributed by atoms with Crippen LogP contribution in [0.25, 0.3) is 0 Å². The highest BCUT2D eigenvalue weighted by molar-refractivity contribution is 6.03. The van der Waals surface area contributed by atoms with Crippen LogP contribution in [-0.2, 0) is 20.8 Å². The highest BCUT2D eigenvalue weighted by Gasteiger charge is 2.40. The molecule has 7 heteroatoms. The first kappa shape index (κ1) is 19.3. The Hall–Kier alpha value is -3.03. The third kappa shape index (κ3) is 4.21. The van der Waals surface area contributed by atoms with Crippen LogP contribution in [0.5, 0.6) is 0 Å². The Kier molecular flexibility index (Phi) is 5.69. The minimum Gasteiger partial charge on any atom is -0.324 e. The monoisotopic (exact) mass is 392 g/mol. The van der Waals surface area contributed by atoms with Gasteiger partial charge in [0.2, 0.25) is 17.7 Å². The lowest BCUT2D eigenvalue weighted by Crippen LogP contribution is -2.57. The average Bonchev–Trinajstić information content (AvgIpc) is 3.24. The zero-order valence-electron chi connectivity index (χ0n) is 16.1. The number of rotatable bonds is 5. The van der Waals surface area contributed by atoms with Gasteiger partial charge >= 0.3 is 0 Å². The Labute approximate surface area is 169 Å². The van der Waals surface area contributed by atoms with Gasteiger partial charge in [0.05, 0.1) is 12.0 Å². The largest absolute Gasteiger partial charge is 0.324 e. The lowest BCUT2D eigenvalue weighted by Gasteiger charge is -2.34. The Morgan fingerprint density at radius 1 is 0.931 bits per heavy atom. The molecule has 3 amide bonds. The Bertz CT molecular complexity index is 869. The van der Waals surface area contributed by atoms with Crippen LogP contribution in [0.2, 0.25) is 0 Å². The van der Waals surface area contributed by atoms with Crippen molar-refractivity contribution < 1.29 is 14.4 Å². The number of nitrogens with zero attached hydrogens (tertiary/aromatic N) is 2. The number of piperazine rings is 1. The van der Waals surface area contributed by atoms with Gasteiger partial charge in [0.25, 0.3) is 0 Å². The maximum Gasteiger partial charge on any atom is 0.248 e. The molecule has 2 fully saturated rings. The summed E-state index contributed by atoms with van der Waals surface area (Å²) in [6.45, 7) is 0.673. The number of nitrogens with one attached hydrogen (secondary N) is 2. The summed E-state index contributed by atoms with van der Waals surface area (Å²) in [5.41, 5.74) is 8.23. The van der Waals surface area contributed by atoms with E-state index in [-0.39, 0.29) is 42.8 Å². The molecule has 0 bridgehead atoms. The minimum absolute atomic E-state index is 0.0582. The fraction of sp³-hybridized carbons (Fsp3) is 0.318. The van der Waals surface area contributed by atoms with Crippen molar-refractivity contribution in [2.24, 2.45) is 5.92 Å². The molecule has 2 N–H and O–H groups in total. The Morgan fingerprint density at radius 2 is 1.55 bits per heavy atom.